The first-order valence-corrected chi connectivity index (χ1v) is 12.0. The summed E-state index contributed by atoms with van der Waals surface area (Å²) < 4.78 is 30.5. The quantitative estimate of drug-likeness (QED) is 0.413. The van der Waals surface area contributed by atoms with E-state index in [4.69, 9.17) is 5.73 Å². The van der Waals surface area contributed by atoms with E-state index in [0.29, 0.717) is 24.2 Å². The van der Waals surface area contributed by atoms with Crippen molar-refractivity contribution in [1.29, 1.82) is 5.26 Å². The van der Waals surface area contributed by atoms with E-state index in [0.717, 1.165) is 11.3 Å². The Hall–Kier alpha value is -4.17. The summed E-state index contributed by atoms with van der Waals surface area (Å²) in [5.41, 5.74) is 6.25. The highest BCUT2D eigenvalue weighted by molar-refractivity contribution is 7.23. The lowest BCUT2D eigenvalue weighted by molar-refractivity contribution is -0.126. The van der Waals surface area contributed by atoms with Gasteiger partial charge in [-0.05, 0) is 31.6 Å². The van der Waals surface area contributed by atoms with Crippen molar-refractivity contribution < 1.29 is 13.6 Å². The van der Waals surface area contributed by atoms with Gasteiger partial charge in [-0.2, -0.15) is 5.26 Å². The van der Waals surface area contributed by atoms with Crippen molar-refractivity contribution in [2.45, 2.75) is 25.4 Å². The lowest BCUT2D eigenvalue weighted by atomic mass is 10.0. The summed E-state index contributed by atoms with van der Waals surface area (Å²) in [5.74, 6) is -0.924. The van der Waals surface area contributed by atoms with Crippen molar-refractivity contribution in [2.75, 3.05) is 24.2 Å². The van der Waals surface area contributed by atoms with Gasteiger partial charge in [0, 0.05) is 36.8 Å². The maximum Gasteiger partial charge on any atom is 0.246 e. The van der Waals surface area contributed by atoms with Gasteiger partial charge in [0.2, 0.25) is 5.91 Å². The summed E-state index contributed by atoms with van der Waals surface area (Å²) in [4.78, 5) is 28.7. The zero-order valence-corrected chi connectivity index (χ0v) is 20.3. The standard InChI is InChI=1S/C25H21F2N7OS/c1-4-18(35)34-8-7-17(12(34)2)33(3)25-15-10-30-21(20(27)22(15)31-11-32-25)13-5-6-16(26)23-19(13)14(9-28)24(29)36-23/h4-6,10-12,17H,1,7-8,29H2,2-3H3. The minimum atomic E-state index is -0.714. The van der Waals surface area contributed by atoms with Gasteiger partial charge >= 0.3 is 0 Å². The van der Waals surface area contributed by atoms with Crippen LogP contribution in [0.25, 0.3) is 32.2 Å². The Bertz CT molecular complexity index is 1600. The number of pyridine rings is 1. The minimum Gasteiger partial charge on any atom is -0.389 e. The highest BCUT2D eigenvalue weighted by Gasteiger charge is 2.36. The first-order chi connectivity index (χ1) is 17.3. The molecule has 1 fully saturated rings. The largest absolute Gasteiger partial charge is 0.389 e. The Kier molecular flexibility index (Phi) is 5.76. The van der Waals surface area contributed by atoms with E-state index in [1.807, 2.05) is 24.9 Å². The Morgan fingerprint density at radius 2 is 2.14 bits per heavy atom. The van der Waals surface area contributed by atoms with Gasteiger partial charge < -0.3 is 15.5 Å². The summed E-state index contributed by atoms with van der Waals surface area (Å²) in [6, 6.07) is 4.42. The third-order valence-electron chi connectivity index (χ3n) is 6.79. The summed E-state index contributed by atoms with van der Waals surface area (Å²) >= 11 is 0.936. The summed E-state index contributed by atoms with van der Waals surface area (Å²) in [6.07, 6.45) is 4.76. The molecule has 182 valence electrons. The summed E-state index contributed by atoms with van der Waals surface area (Å²) in [7, 11) is 1.84. The molecule has 1 aliphatic rings. The van der Waals surface area contributed by atoms with Crippen LogP contribution < -0.4 is 10.6 Å². The second-order valence-corrected chi connectivity index (χ2v) is 9.63. The molecule has 1 aromatic carbocycles. The van der Waals surface area contributed by atoms with Crippen molar-refractivity contribution in [3.8, 4) is 17.3 Å². The first kappa shape index (κ1) is 23.6. The van der Waals surface area contributed by atoms with Crippen LogP contribution in [0.15, 0.2) is 37.3 Å². The predicted octanol–water partition coefficient (Wildman–Crippen LogP) is 4.25. The first-order valence-electron chi connectivity index (χ1n) is 11.1. The fourth-order valence-electron chi connectivity index (χ4n) is 4.97. The highest BCUT2D eigenvalue weighted by Crippen LogP contribution is 2.42. The van der Waals surface area contributed by atoms with Gasteiger partial charge in [0.25, 0.3) is 0 Å². The number of aromatic nitrogens is 3. The SMILES string of the molecule is C=CC(=O)N1CCC(N(C)c2ncnc3c(F)c(-c4ccc(F)c5sc(N)c(C#N)c45)ncc23)C1C. The number of fused-ring (bicyclic) bond motifs is 2. The van der Waals surface area contributed by atoms with E-state index in [1.54, 1.807) is 4.90 Å². The Balaban J connectivity index is 1.62. The van der Waals surface area contributed by atoms with Crippen LogP contribution in [0.5, 0.6) is 0 Å². The van der Waals surface area contributed by atoms with Gasteiger partial charge in [0.05, 0.1) is 21.7 Å². The molecular formula is C25H21F2N7OS. The molecule has 2 unspecified atom stereocenters. The molecule has 0 aliphatic carbocycles. The number of benzene rings is 1. The Morgan fingerprint density at radius 1 is 1.36 bits per heavy atom. The van der Waals surface area contributed by atoms with Gasteiger partial charge in [-0.25, -0.2) is 18.7 Å². The van der Waals surface area contributed by atoms with Gasteiger partial charge in [-0.15, -0.1) is 11.3 Å². The molecule has 1 amide bonds. The van der Waals surface area contributed by atoms with Gasteiger partial charge in [0.1, 0.15) is 40.2 Å². The second-order valence-electron chi connectivity index (χ2n) is 8.58. The molecule has 0 bridgehead atoms. The Morgan fingerprint density at radius 3 is 2.86 bits per heavy atom. The average molecular weight is 506 g/mol. The number of likely N-dealkylation sites (tertiary alicyclic amines) is 1. The normalized spacial score (nSPS) is 17.5. The molecule has 4 heterocycles. The molecule has 1 aliphatic heterocycles. The van der Waals surface area contributed by atoms with E-state index in [-0.39, 0.29) is 55.4 Å². The van der Waals surface area contributed by atoms with Gasteiger partial charge in [-0.1, -0.05) is 6.58 Å². The summed E-state index contributed by atoms with van der Waals surface area (Å²) in [5, 5.41) is 10.4. The topological polar surface area (TPSA) is 112 Å². The molecule has 36 heavy (non-hydrogen) atoms. The molecule has 2 N–H and O–H groups in total. The zero-order valence-electron chi connectivity index (χ0n) is 19.5. The molecule has 4 aromatic rings. The number of nitrogens with two attached hydrogens (primary N) is 1. The number of nitrogens with zero attached hydrogens (tertiary/aromatic N) is 6. The van der Waals surface area contributed by atoms with Crippen molar-refractivity contribution in [1.82, 2.24) is 19.9 Å². The van der Waals surface area contributed by atoms with Crippen LogP contribution in [0.1, 0.15) is 18.9 Å². The van der Waals surface area contributed by atoms with Crippen LogP contribution in [0, 0.1) is 23.0 Å². The number of likely N-dealkylation sites (N-methyl/N-ethyl adjacent to an activating group) is 1. The van der Waals surface area contributed by atoms with Crippen LogP contribution in [-0.4, -0.2) is 51.4 Å². The molecule has 0 spiro atoms. The number of hydrogen-bond acceptors (Lipinski definition) is 8. The maximum atomic E-state index is 15.9. The second kappa shape index (κ2) is 8.80. The number of nitriles is 1. The van der Waals surface area contributed by atoms with Crippen LogP contribution in [0.4, 0.5) is 19.6 Å². The van der Waals surface area contributed by atoms with E-state index < -0.39 is 11.6 Å². The third-order valence-corrected chi connectivity index (χ3v) is 7.82. The fourth-order valence-corrected chi connectivity index (χ4v) is 5.92. The Labute approximate surface area is 209 Å². The van der Waals surface area contributed by atoms with Crippen LogP contribution in [0.3, 0.4) is 0 Å². The molecule has 0 saturated carbocycles. The number of amides is 1. The molecule has 5 rings (SSSR count). The van der Waals surface area contributed by atoms with E-state index in [2.05, 4.69) is 21.5 Å². The predicted molar refractivity (Wildman–Crippen MR) is 135 cm³/mol. The molecule has 3 aromatic heterocycles. The third kappa shape index (κ3) is 3.45. The number of hydrogen-bond donors (Lipinski definition) is 1. The monoisotopic (exact) mass is 505 g/mol. The fraction of sp³-hybridized carbons (Fsp3) is 0.240. The van der Waals surface area contributed by atoms with Gasteiger partial charge in [0.15, 0.2) is 5.82 Å². The van der Waals surface area contributed by atoms with Crippen molar-refractivity contribution >= 4 is 49.1 Å². The molecule has 11 heteroatoms. The number of carbonyl (C=O) groups excluding carboxylic acids is 1. The van der Waals surface area contributed by atoms with Crippen molar-refractivity contribution in [3.63, 3.8) is 0 Å². The van der Waals surface area contributed by atoms with Gasteiger partial charge in [-0.3, -0.25) is 9.78 Å². The van der Waals surface area contributed by atoms with E-state index in [9.17, 15) is 14.4 Å². The number of anilines is 2. The van der Waals surface area contributed by atoms with Crippen LogP contribution in [0.2, 0.25) is 0 Å². The lowest BCUT2D eigenvalue weighted by Gasteiger charge is -2.31. The van der Waals surface area contributed by atoms with E-state index >= 15 is 4.39 Å². The molecule has 8 nitrogen and oxygen atoms in total. The van der Waals surface area contributed by atoms with E-state index in [1.165, 1.54) is 30.7 Å². The maximum absolute atomic E-state index is 15.9. The minimum absolute atomic E-state index is 0.0423. The number of halogens is 2. The van der Waals surface area contributed by atoms with Crippen LogP contribution >= 0.6 is 11.3 Å². The van der Waals surface area contributed by atoms with Crippen LogP contribution in [-0.2, 0) is 4.79 Å². The molecule has 2 atom stereocenters. The number of rotatable bonds is 4. The molecule has 0 radical (unpaired) electrons. The smallest absolute Gasteiger partial charge is 0.246 e. The molecular weight excluding hydrogens is 484 g/mol. The summed E-state index contributed by atoms with van der Waals surface area (Å²) in [6.45, 7) is 6.10. The van der Waals surface area contributed by atoms with Crippen molar-refractivity contribution in [2.24, 2.45) is 0 Å². The lowest BCUT2D eigenvalue weighted by Crippen LogP contribution is -2.43. The average Bonchev–Trinajstić information content (AvgIpc) is 3.43. The zero-order chi connectivity index (χ0) is 25.7. The number of carbonyl (C=O) groups is 1. The van der Waals surface area contributed by atoms with Crippen molar-refractivity contribution in [3.05, 3.63) is 54.5 Å². The number of thiophene rings is 1. The molecule has 1 saturated heterocycles. The highest BCUT2D eigenvalue weighted by atomic mass is 32.1. The number of nitrogen functional groups attached to an aromatic ring is 1.